The maximum Gasteiger partial charge on any atom is 0.223 e. The molecule has 1 N–H and O–H groups in total. The minimum atomic E-state index is 0.210. The van der Waals surface area contributed by atoms with Crippen molar-refractivity contribution in [3.8, 4) is 5.75 Å². The van der Waals surface area contributed by atoms with Gasteiger partial charge in [-0.2, -0.15) is 0 Å². The highest BCUT2D eigenvalue weighted by molar-refractivity contribution is 5.76. The van der Waals surface area contributed by atoms with Crippen LogP contribution in [-0.2, 0) is 30.6 Å². The highest BCUT2D eigenvalue weighted by atomic mass is 16.5. The van der Waals surface area contributed by atoms with Crippen LogP contribution in [0.3, 0.4) is 0 Å². The molecular formula is C23H28N4O2. The van der Waals surface area contributed by atoms with E-state index in [1.54, 1.807) is 0 Å². The van der Waals surface area contributed by atoms with Crippen molar-refractivity contribution < 1.29 is 9.53 Å². The maximum atomic E-state index is 12.8. The molecule has 6 heteroatoms. The predicted octanol–water partition coefficient (Wildman–Crippen LogP) is 2.74. The smallest absolute Gasteiger partial charge is 0.223 e. The first-order valence-corrected chi connectivity index (χ1v) is 10.8. The average molecular weight is 393 g/mol. The van der Waals surface area contributed by atoms with E-state index in [0.717, 1.165) is 61.6 Å². The normalized spacial score (nSPS) is 22.9. The average Bonchev–Trinajstić information content (AvgIpc) is 3.39. The molecule has 1 saturated heterocycles. The van der Waals surface area contributed by atoms with Crippen molar-refractivity contribution in [1.29, 1.82) is 0 Å². The number of aryl methyl sites for hydroxylation is 1. The van der Waals surface area contributed by atoms with Crippen LogP contribution in [0.15, 0.2) is 24.4 Å². The summed E-state index contributed by atoms with van der Waals surface area (Å²) in [6, 6.07) is 6.62. The number of benzene rings is 1. The molecule has 1 amide bonds. The Labute approximate surface area is 171 Å². The zero-order valence-corrected chi connectivity index (χ0v) is 17.0. The Bertz CT molecular complexity index is 923. The van der Waals surface area contributed by atoms with E-state index in [2.05, 4.69) is 29.4 Å². The van der Waals surface area contributed by atoms with Gasteiger partial charge in [-0.3, -0.25) is 4.79 Å². The second kappa shape index (κ2) is 7.75. The van der Waals surface area contributed by atoms with Gasteiger partial charge in [-0.05, 0) is 49.9 Å². The number of amides is 1. The second-order valence-electron chi connectivity index (χ2n) is 8.49. The van der Waals surface area contributed by atoms with E-state index in [-0.39, 0.29) is 12.0 Å². The Balaban J connectivity index is 1.19. The Morgan fingerprint density at radius 1 is 1.34 bits per heavy atom. The summed E-state index contributed by atoms with van der Waals surface area (Å²) in [5.41, 5.74) is 4.68. The molecule has 1 aromatic heterocycles. The number of hydrogen-bond acceptors (Lipinski definition) is 5. The van der Waals surface area contributed by atoms with Crippen LogP contribution in [0.5, 0.6) is 5.75 Å². The summed E-state index contributed by atoms with van der Waals surface area (Å²) in [6.07, 6.45) is 7.56. The van der Waals surface area contributed by atoms with Crippen molar-refractivity contribution in [2.24, 2.45) is 0 Å². The summed E-state index contributed by atoms with van der Waals surface area (Å²) < 4.78 is 5.77. The van der Waals surface area contributed by atoms with Gasteiger partial charge in [0.05, 0.1) is 11.7 Å². The van der Waals surface area contributed by atoms with Crippen LogP contribution in [0, 0.1) is 0 Å². The van der Waals surface area contributed by atoms with E-state index in [1.807, 2.05) is 17.2 Å². The van der Waals surface area contributed by atoms with Crippen LogP contribution in [0.2, 0.25) is 0 Å². The summed E-state index contributed by atoms with van der Waals surface area (Å²) in [5, 5.41) is 3.46. The van der Waals surface area contributed by atoms with Gasteiger partial charge in [0.15, 0.2) is 0 Å². The molecule has 1 fully saturated rings. The van der Waals surface area contributed by atoms with Gasteiger partial charge in [0, 0.05) is 44.1 Å². The molecule has 0 radical (unpaired) electrons. The number of fused-ring (bicyclic) bond motifs is 2. The lowest BCUT2D eigenvalue weighted by Crippen LogP contribution is -2.37. The molecule has 1 aromatic carbocycles. The Morgan fingerprint density at radius 3 is 3.14 bits per heavy atom. The first kappa shape index (κ1) is 18.6. The number of ether oxygens (including phenoxy) is 1. The number of hydrogen-bond donors (Lipinski definition) is 1. The fraction of sp³-hybridized carbons (Fsp3) is 0.522. The van der Waals surface area contributed by atoms with Gasteiger partial charge < -0.3 is 15.0 Å². The van der Waals surface area contributed by atoms with Crippen LogP contribution < -0.4 is 10.1 Å². The Morgan fingerprint density at radius 2 is 2.28 bits per heavy atom. The SMILES string of the molecule is C[C@H]1Cc2cc(CCC(=O)N3CCc4nc([C@H]5CCCN5)ncc4C3)ccc2O1. The molecule has 0 saturated carbocycles. The van der Waals surface area contributed by atoms with Crippen LogP contribution in [-0.4, -0.2) is 40.0 Å². The highest BCUT2D eigenvalue weighted by Crippen LogP contribution is 2.30. The summed E-state index contributed by atoms with van der Waals surface area (Å²) >= 11 is 0. The van der Waals surface area contributed by atoms with Gasteiger partial charge in [-0.25, -0.2) is 9.97 Å². The Hall–Kier alpha value is -2.47. The first-order valence-electron chi connectivity index (χ1n) is 10.8. The molecule has 5 rings (SSSR count). The highest BCUT2D eigenvalue weighted by Gasteiger charge is 2.25. The monoisotopic (exact) mass is 392 g/mol. The molecule has 3 aliphatic rings. The Kier molecular flexibility index (Phi) is 4.96. The van der Waals surface area contributed by atoms with Crippen LogP contribution in [0.25, 0.3) is 0 Å². The van der Waals surface area contributed by atoms with E-state index >= 15 is 0 Å². The fourth-order valence-corrected chi connectivity index (χ4v) is 4.66. The van der Waals surface area contributed by atoms with E-state index in [1.165, 1.54) is 17.5 Å². The predicted molar refractivity (Wildman–Crippen MR) is 110 cm³/mol. The van der Waals surface area contributed by atoms with Crippen LogP contribution >= 0.6 is 0 Å². The van der Waals surface area contributed by atoms with Crippen molar-refractivity contribution in [1.82, 2.24) is 20.2 Å². The number of aromatic nitrogens is 2. The number of rotatable bonds is 4. The molecule has 0 bridgehead atoms. The van der Waals surface area contributed by atoms with Gasteiger partial charge in [0.25, 0.3) is 0 Å². The van der Waals surface area contributed by atoms with Gasteiger partial charge in [0.2, 0.25) is 5.91 Å². The number of carbonyl (C=O) groups is 1. The van der Waals surface area contributed by atoms with Crippen LogP contribution in [0.1, 0.15) is 60.4 Å². The molecule has 0 aliphatic carbocycles. The molecular weight excluding hydrogens is 364 g/mol. The molecule has 29 heavy (non-hydrogen) atoms. The van der Waals surface area contributed by atoms with Crippen molar-refractivity contribution >= 4 is 5.91 Å². The first-order chi connectivity index (χ1) is 14.2. The molecule has 2 atom stereocenters. The lowest BCUT2D eigenvalue weighted by molar-refractivity contribution is -0.132. The van der Waals surface area contributed by atoms with Gasteiger partial charge >= 0.3 is 0 Å². The quantitative estimate of drug-likeness (QED) is 0.867. The molecule has 6 nitrogen and oxygen atoms in total. The fourth-order valence-electron chi connectivity index (χ4n) is 4.66. The molecule has 0 unspecified atom stereocenters. The topological polar surface area (TPSA) is 67.4 Å². The second-order valence-corrected chi connectivity index (χ2v) is 8.49. The van der Waals surface area contributed by atoms with Crippen molar-refractivity contribution in [2.75, 3.05) is 13.1 Å². The molecule has 2 aromatic rings. The number of carbonyl (C=O) groups excluding carboxylic acids is 1. The van der Waals surface area contributed by atoms with Gasteiger partial charge in [0.1, 0.15) is 17.7 Å². The van der Waals surface area contributed by atoms with E-state index < -0.39 is 0 Å². The lowest BCUT2D eigenvalue weighted by Gasteiger charge is -2.28. The zero-order valence-electron chi connectivity index (χ0n) is 17.0. The van der Waals surface area contributed by atoms with E-state index in [0.29, 0.717) is 19.0 Å². The van der Waals surface area contributed by atoms with Crippen molar-refractivity contribution in [3.63, 3.8) is 0 Å². The lowest BCUT2D eigenvalue weighted by atomic mass is 10.0. The largest absolute Gasteiger partial charge is 0.490 e. The summed E-state index contributed by atoms with van der Waals surface area (Å²) in [7, 11) is 0. The van der Waals surface area contributed by atoms with Crippen LogP contribution in [0.4, 0.5) is 0 Å². The number of nitrogens with one attached hydrogen (secondary N) is 1. The maximum absolute atomic E-state index is 12.8. The summed E-state index contributed by atoms with van der Waals surface area (Å²) in [4.78, 5) is 24.1. The molecule has 3 aliphatic heterocycles. The standard InChI is InChI=1S/C23H28N4O2/c1-15-11-17-12-16(4-6-21(17)29-15)5-7-22(28)27-10-8-19-18(14-27)13-25-23(26-19)20-3-2-9-24-20/h4,6,12-13,15,20,24H,2-3,5,7-11,14H2,1H3/t15-,20+/m0/s1. The number of nitrogens with zero attached hydrogens (tertiary/aromatic N) is 3. The van der Waals surface area contributed by atoms with Crippen molar-refractivity contribution in [3.05, 3.63) is 52.6 Å². The third-order valence-electron chi connectivity index (χ3n) is 6.27. The van der Waals surface area contributed by atoms with Gasteiger partial charge in [-0.1, -0.05) is 12.1 Å². The van der Waals surface area contributed by atoms with Gasteiger partial charge in [-0.15, -0.1) is 0 Å². The summed E-state index contributed by atoms with van der Waals surface area (Å²) in [6.45, 7) is 4.51. The van der Waals surface area contributed by atoms with E-state index in [9.17, 15) is 4.79 Å². The van der Waals surface area contributed by atoms with E-state index in [4.69, 9.17) is 9.72 Å². The summed E-state index contributed by atoms with van der Waals surface area (Å²) in [5.74, 6) is 2.12. The molecule has 0 spiro atoms. The minimum absolute atomic E-state index is 0.210. The molecule has 4 heterocycles. The zero-order chi connectivity index (χ0) is 19.8. The third kappa shape index (κ3) is 3.86. The minimum Gasteiger partial charge on any atom is -0.490 e. The third-order valence-corrected chi connectivity index (χ3v) is 6.27. The molecule has 152 valence electrons. The van der Waals surface area contributed by atoms with Crippen molar-refractivity contribution in [2.45, 2.75) is 64.1 Å².